The summed E-state index contributed by atoms with van der Waals surface area (Å²) in [6.07, 6.45) is 4.97. The van der Waals surface area contributed by atoms with Crippen molar-refractivity contribution >= 4 is 17.9 Å². The second-order valence-electron chi connectivity index (χ2n) is 6.66. The zero-order valence-electron chi connectivity index (χ0n) is 13.7. The molecule has 4 nitrogen and oxygen atoms in total. The van der Waals surface area contributed by atoms with Gasteiger partial charge in [-0.15, -0.1) is 0 Å². The Morgan fingerprint density at radius 2 is 2.23 bits per heavy atom. The van der Waals surface area contributed by atoms with E-state index in [2.05, 4.69) is 4.98 Å². The van der Waals surface area contributed by atoms with Gasteiger partial charge >= 0.3 is 6.09 Å². The molecule has 0 N–H and O–H groups in total. The molecule has 1 aromatic heterocycles. The van der Waals surface area contributed by atoms with Gasteiger partial charge in [0.05, 0.1) is 5.69 Å². The van der Waals surface area contributed by atoms with Gasteiger partial charge in [0, 0.05) is 30.3 Å². The van der Waals surface area contributed by atoms with Gasteiger partial charge in [0.1, 0.15) is 5.60 Å². The quantitative estimate of drug-likeness (QED) is 0.837. The number of carbonyl (C=O) groups is 1. The Morgan fingerprint density at radius 3 is 2.91 bits per heavy atom. The number of nitrogens with zero attached hydrogens (tertiary/aromatic N) is 2. The van der Waals surface area contributed by atoms with Gasteiger partial charge in [-0.3, -0.25) is 4.98 Å². The van der Waals surface area contributed by atoms with E-state index in [0.29, 0.717) is 0 Å². The molecule has 22 heavy (non-hydrogen) atoms. The Labute approximate surface area is 137 Å². The van der Waals surface area contributed by atoms with E-state index in [-0.39, 0.29) is 12.1 Å². The monoisotopic (exact) mass is 322 g/mol. The number of pyridine rings is 1. The van der Waals surface area contributed by atoms with E-state index in [0.717, 1.165) is 36.6 Å². The molecule has 2 rings (SSSR count). The van der Waals surface area contributed by atoms with Crippen LogP contribution >= 0.6 is 11.8 Å². The number of hydrogen-bond acceptors (Lipinski definition) is 4. The maximum absolute atomic E-state index is 12.3. The molecule has 1 amide bonds. The number of carbonyl (C=O) groups excluding carboxylic acids is 1. The largest absolute Gasteiger partial charge is 0.444 e. The smallest absolute Gasteiger partial charge is 0.410 e. The van der Waals surface area contributed by atoms with Crippen molar-refractivity contribution in [2.24, 2.45) is 0 Å². The summed E-state index contributed by atoms with van der Waals surface area (Å²) in [4.78, 5) is 18.6. The first-order chi connectivity index (χ1) is 10.5. The number of likely N-dealkylation sites (tertiary alicyclic amines) is 1. The van der Waals surface area contributed by atoms with Crippen LogP contribution in [0.1, 0.15) is 45.7 Å². The van der Waals surface area contributed by atoms with Gasteiger partial charge in [-0.2, -0.15) is 11.8 Å². The highest BCUT2D eigenvalue weighted by molar-refractivity contribution is 7.98. The van der Waals surface area contributed by atoms with Gasteiger partial charge in [0.25, 0.3) is 0 Å². The van der Waals surface area contributed by atoms with Crippen LogP contribution in [0, 0.1) is 0 Å². The van der Waals surface area contributed by atoms with Crippen LogP contribution in [0.5, 0.6) is 0 Å². The predicted octanol–water partition coefficient (Wildman–Crippen LogP) is 4.10. The van der Waals surface area contributed by atoms with Gasteiger partial charge < -0.3 is 9.64 Å². The van der Waals surface area contributed by atoms with Crippen molar-refractivity contribution in [2.75, 3.05) is 12.3 Å². The zero-order valence-corrected chi connectivity index (χ0v) is 14.6. The van der Waals surface area contributed by atoms with E-state index in [1.54, 1.807) is 0 Å². The third-order valence-electron chi connectivity index (χ3n) is 3.54. The molecule has 122 valence electrons. The van der Waals surface area contributed by atoms with E-state index in [9.17, 15) is 4.79 Å². The normalized spacial score (nSPS) is 19.0. The summed E-state index contributed by atoms with van der Waals surface area (Å²) < 4.78 is 5.54. The highest BCUT2D eigenvalue weighted by Gasteiger charge is 2.30. The molecule has 1 saturated heterocycles. The van der Waals surface area contributed by atoms with Gasteiger partial charge in [0.15, 0.2) is 0 Å². The minimum atomic E-state index is -0.430. The van der Waals surface area contributed by atoms with E-state index in [1.165, 1.54) is 6.42 Å². The third-order valence-corrected chi connectivity index (χ3v) is 4.66. The van der Waals surface area contributed by atoms with E-state index in [4.69, 9.17) is 4.74 Å². The first-order valence-electron chi connectivity index (χ1n) is 7.93. The molecule has 1 aliphatic heterocycles. The molecule has 0 aliphatic carbocycles. The molecule has 1 aromatic rings. The maximum atomic E-state index is 12.3. The van der Waals surface area contributed by atoms with Crippen LogP contribution in [0.4, 0.5) is 4.79 Å². The molecule has 0 bridgehead atoms. The first kappa shape index (κ1) is 17.1. The van der Waals surface area contributed by atoms with E-state index < -0.39 is 5.60 Å². The topological polar surface area (TPSA) is 42.4 Å². The van der Waals surface area contributed by atoms with Crippen molar-refractivity contribution in [3.05, 3.63) is 30.1 Å². The Bertz CT molecular complexity index is 473. The molecule has 5 heteroatoms. The minimum absolute atomic E-state index is 0.171. The molecular formula is C17H26N2O2S. The summed E-state index contributed by atoms with van der Waals surface area (Å²) in [5.74, 6) is 1.83. The first-order valence-corrected chi connectivity index (χ1v) is 9.08. The molecule has 0 aromatic carbocycles. The molecular weight excluding hydrogens is 296 g/mol. The number of aromatic nitrogens is 1. The summed E-state index contributed by atoms with van der Waals surface area (Å²) in [7, 11) is 0. The average molecular weight is 322 g/mol. The van der Waals surface area contributed by atoms with Gasteiger partial charge in [-0.1, -0.05) is 6.07 Å². The Kier molecular flexibility index (Phi) is 6.12. The standard InChI is InChI=1S/C17H26N2O2S/c1-17(2,3)21-16(20)19-11-7-5-9-15(19)13-22-12-14-8-4-6-10-18-14/h4,6,8,10,15H,5,7,9,11-13H2,1-3H3/t15-/m1/s1. The van der Waals surface area contributed by atoms with Gasteiger partial charge in [0.2, 0.25) is 0 Å². The fourth-order valence-corrected chi connectivity index (χ4v) is 3.63. The number of thioether (sulfide) groups is 1. The van der Waals surface area contributed by atoms with Crippen LogP contribution in [0.2, 0.25) is 0 Å². The predicted molar refractivity (Wildman–Crippen MR) is 91.0 cm³/mol. The van der Waals surface area contributed by atoms with Gasteiger partial charge in [-0.05, 0) is 52.2 Å². The molecule has 2 heterocycles. The van der Waals surface area contributed by atoms with Crippen LogP contribution in [0.25, 0.3) is 0 Å². The van der Waals surface area contributed by atoms with Crippen molar-refractivity contribution in [1.82, 2.24) is 9.88 Å². The molecule has 0 spiro atoms. The summed E-state index contributed by atoms with van der Waals surface area (Å²) in [5.41, 5.74) is 0.660. The number of ether oxygens (including phenoxy) is 1. The molecule has 1 atom stereocenters. The molecule has 0 saturated carbocycles. The van der Waals surface area contributed by atoms with E-state index >= 15 is 0 Å². The number of piperidine rings is 1. The van der Waals surface area contributed by atoms with Crippen molar-refractivity contribution in [3.63, 3.8) is 0 Å². The Balaban J connectivity index is 1.85. The van der Waals surface area contributed by atoms with E-state index in [1.807, 2.05) is 61.8 Å². The third kappa shape index (κ3) is 5.52. The van der Waals surface area contributed by atoms with Crippen LogP contribution in [-0.4, -0.2) is 39.9 Å². The Hall–Kier alpha value is -1.23. The highest BCUT2D eigenvalue weighted by atomic mass is 32.2. The lowest BCUT2D eigenvalue weighted by Gasteiger charge is -2.36. The van der Waals surface area contributed by atoms with Crippen LogP contribution < -0.4 is 0 Å². The maximum Gasteiger partial charge on any atom is 0.410 e. The SMILES string of the molecule is CC(C)(C)OC(=O)N1CCCC[C@@H]1CSCc1ccccn1. The lowest BCUT2D eigenvalue weighted by atomic mass is 10.0. The van der Waals surface area contributed by atoms with Crippen molar-refractivity contribution < 1.29 is 9.53 Å². The second kappa shape index (κ2) is 7.86. The number of amides is 1. The molecule has 0 unspecified atom stereocenters. The lowest BCUT2D eigenvalue weighted by Crippen LogP contribution is -2.47. The van der Waals surface area contributed by atoms with Crippen molar-refractivity contribution in [3.8, 4) is 0 Å². The second-order valence-corrected chi connectivity index (χ2v) is 7.69. The molecule has 1 aliphatic rings. The lowest BCUT2D eigenvalue weighted by molar-refractivity contribution is 0.0126. The van der Waals surface area contributed by atoms with Crippen LogP contribution in [-0.2, 0) is 10.5 Å². The summed E-state index contributed by atoms with van der Waals surface area (Å²) in [6, 6.07) is 6.26. The van der Waals surface area contributed by atoms with Crippen LogP contribution in [0.3, 0.4) is 0 Å². The van der Waals surface area contributed by atoms with Crippen LogP contribution in [0.15, 0.2) is 24.4 Å². The fourth-order valence-electron chi connectivity index (χ4n) is 2.52. The highest BCUT2D eigenvalue weighted by Crippen LogP contribution is 2.24. The average Bonchev–Trinajstić information content (AvgIpc) is 2.47. The zero-order chi connectivity index (χ0) is 16.0. The minimum Gasteiger partial charge on any atom is -0.444 e. The van der Waals surface area contributed by atoms with Gasteiger partial charge in [-0.25, -0.2) is 4.79 Å². The number of rotatable bonds is 4. The number of hydrogen-bond donors (Lipinski definition) is 0. The summed E-state index contributed by atoms with van der Waals surface area (Å²) in [5, 5.41) is 0. The summed E-state index contributed by atoms with van der Waals surface area (Å²) in [6.45, 7) is 6.56. The molecule has 0 radical (unpaired) electrons. The molecule has 1 fully saturated rings. The van der Waals surface area contributed by atoms with Crippen molar-refractivity contribution in [1.29, 1.82) is 0 Å². The fraction of sp³-hybridized carbons (Fsp3) is 0.647. The summed E-state index contributed by atoms with van der Waals surface area (Å²) >= 11 is 1.84. The Morgan fingerprint density at radius 1 is 1.41 bits per heavy atom. The van der Waals surface area contributed by atoms with Crippen molar-refractivity contribution in [2.45, 2.75) is 57.4 Å².